The number of fused-ring (bicyclic) bond motifs is 1. The second-order valence-corrected chi connectivity index (χ2v) is 6.55. The fourth-order valence-corrected chi connectivity index (χ4v) is 3.45. The molecule has 2 N–H and O–H groups in total. The summed E-state index contributed by atoms with van der Waals surface area (Å²) >= 11 is 0. The normalized spacial score (nSPS) is 16.3. The van der Waals surface area contributed by atoms with Crippen molar-refractivity contribution in [1.29, 1.82) is 0 Å². The summed E-state index contributed by atoms with van der Waals surface area (Å²) in [5.41, 5.74) is 3.28. The van der Waals surface area contributed by atoms with Gasteiger partial charge in [0.2, 0.25) is 0 Å². The molecule has 3 aromatic rings. The number of benzene rings is 2. The van der Waals surface area contributed by atoms with Crippen LogP contribution in [0.25, 0.3) is 11.0 Å². The van der Waals surface area contributed by atoms with Crippen LogP contribution in [0.2, 0.25) is 0 Å². The predicted molar refractivity (Wildman–Crippen MR) is 106 cm³/mol. The van der Waals surface area contributed by atoms with Crippen LogP contribution >= 0.6 is 0 Å². The van der Waals surface area contributed by atoms with E-state index in [9.17, 15) is 9.59 Å². The van der Waals surface area contributed by atoms with Gasteiger partial charge in [-0.25, -0.2) is 14.6 Å². The van der Waals surface area contributed by atoms with E-state index in [1.54, 1.807) is 25.6 Å². The molecular formula is C21H20N4O4. The van der Waals surface area contributed by atoms with E-state index >= 15 is 0 Å². The molecule has 1 aliphatic rings. The Kier molecular flexibility index (Phi) is 4.90. The molecule has 0 fully saturated rings. The van der Waals surface area contributed by atoms with Crippen LogP contribution in [-0.2, 0) is 16.1 Å². The SMILES string of the molecule is COC(=O)C1=C(Cn2cnc3ccccc32)NC(=O)NC1c1ccc(OC)cc1. The quantitative estimate of drug-likeness (QED) is 0.651. The van der Waals surface area contributed by atoms with E-state index in [0.717, 1.165) is 16.6 Å². The van der Waals surface area contributed by atoms with Crippen molar-refractivity contribution < 1.29 is 19.1 Å². The molecule has 1 atom stereocenters. The molecule has 0 spiro atoms. The highest BCUT2D eigenvalue weighted by atomic mass is 16.5. The molecule has 0 aliphatic carbocycles. The van der Waals surface area contributed by atoms with Gasteiger partial charge in [0, 0.05) is 0 Å². The molecule has 2 aromatic carbocycles. The number of urea groups is 1. The molecule has 0 saturated heterocycles. The first-order chi connectivity index (χ1) is 14.1. The monoisotopic (exact) mass is 392 g/mol. The molecular weight excluding hydrogens is 372 g/mol. The largest absolute Gasteiger partial charge is 0.497 e. The summed E-state index contributed by atoms with van der Waals surface area (Å²) in [6.07, 6.45) is 1.68. The van der Waals surface area contributed by atoms with E-state index in [4.69, 9.17) is 9.47 Å². The first-order valence-corrected chi connectivity index (χ1v) is 9.03. The number of amides is 2. The number of allylic oxidation sites excluding steroid dienone is 1. The molecule has 1 aliphatic heterocycles. The summed E-state index contributed by atoms with van der Waals surface area (Å²) in [5, 5.41) is 5.57. The van der Waals surface area contributed by atoms with Gasteiger partial charge in [0.05, 0.1) is 55.4 Å². The molecule has 8 nitrogen and oxygen atoms in total. The van der Waals surface area contributed by atoms with Crippen LogP contribution in [0, 0.1) is 0 Å². The number of aromatic nitrogens is 2. The van der Waals surface area contributed by atoms with Gasteiger partial charge in [-0.05, 0) is 29.8 Å². The fraction of sp³-hybridized carbons (Fsp3) is 0.190. The Bertz CT molecular complexity index is 1100. The van der Waals surface area contributed by atoms with Crippen molar-refractivity contribution in [2.75, 3.05) is 14.2 Å². The maximum absolute atomic E-state index is 12.7. The number of hydrogen-bond acceptors (Lipinski definition) is 5. The number of methoxy groups -OCH3 is 2. The average Bonchev–Trinajstić information content (AvgIpc) is 3.16. The van der Waals surface area contributed by atoms with Gasteiger partial charge in [-0.15, -0.1) is 0 Å². The van der Waals surface area contributed by atoms with Crippen LogP contribution < -0.4 is 15.4 Å². The molecule has 0 saturated carbocycles. The van der Waals surface area contributed by atoms with E-state index in [0.29, 0.717) is 17.0 Å². The number of rotatable bonds is 5. The van der Waals surface area contributed by atoms with Gasteiger partial charge in [0.15, 0.2) is 0 Å². The van der Waals surface area contributed by atoms with Crippen molar-refractivity contribution in [3.8, 4) is 5.75 Å². The molecule has 4 rings (SSSR count). The van der Waals surface area contributed by atoms with E-state index < -0.39 is 18.0 Å². The maximum atomic E-state index is 12.7. The number of carbonyl (C=O) groups is 2. The van der Waals surface area contributed by atoms with Gasteiger partial charge >= 0.3 is 12.0 Å². The molecule has 2 heterocycles. The summed E-state index contributed by atoms with van der Waals surface area (Å²) in [6.45, 7) is 0.269. The maximum Gasteiger partial charge on any atom is 0.338 e. The van der Waals surface area contributed by atoms with Gasteiger partial charge in [-0.2, -0.15) is 0 Å². The Labute approximate surface area is 167 Å². The lowest BCUT2D eigenvalue weighted by atomic mass is 9.95. The van der Waals surface area contributed by atoms with Gasteiger partial charge < -0.3 is 24.7 Å². The Morgan fingerprint density at radius 3 is 2.62 bits per heavy atom. The number of ether oxygens (including phenoxy) is 2. The lowest BCUT2D eigenvalue weighted by molar-refractivity contribution is -0.136. The second-order valence-electron chi connectivity index (χ2n) is 6.55. The van der Waals surface area contributed by atoms with E-state index in [1.165, 1.54) is 7.11 Å². The molecule has 1 aromatic heterocycles. The van der Waals surface area contributed by atoms with Crippen molar-refractivity contribution in [3.63, 3.8) is 0 Å². The van der Waals surface area contributed by atoms with Crippen LogP contribution in [0.1, 0.15) is 11.6 Å². The molecule has 8 heteroatoms. The van der Waals surface area contributed by atoms with Gasteiger partial charge in [0.1, 0.15) is 5.75 Å². The van der Waals surface area contributed by atoms with Gasteiger partial charge in [0.25, 0.3) is 0 Å². The minimum Gasteiger partial charge on any atom is -0.497 e. The van der Waals surface area contributed by atoms with E-state index in [2.05, 4.69) is 15.6 Å². The highest BCUT2D eigenvalue weighted by Crippen LogP contribution is 2.30. The van der Waals surface area contributed by atoms with Crippen molar-refractivity contribution in [2.24, 2.45) is 0 Å². The number of esters is 1. The first-order valence-electron chi connectivity index (χ1n) is 9.03. The third-order valence-corrected chi connectivity index (χ3v) is 4.86. The minimum absolute atomic E-state index is 0.269. The van der Waals surface area contributed by atoms with Crippen LogP contribution in [0.5, 0.6) is 5.75 Å². The highest BCUT2D eigenvalue weighted by Gasteiger charge is 2.33. The molecule has 2 amide bonds. The van der Waals surface area contributed by atoms with Gasteiger partial charge in [-0.1, -0.05) is 24.3 Å². The van der Waals surface area contributed by atoms with Crippen LogP contribution in [0.3, 0.4) is 0 Å². The molecule has 1 unspecified atom stereocenters. The minimum atomic E-state index is -0.646. The lowest BCUT2D eigenvalue weighted by Crippen LogP contribution is -2.46. The summed E-state index contributed by atoms with van der Waals surface area (Å²) in [7, 11) is 2.90. The Hall–Kier alpha value is -3.81. The van der Waals surface area contributed by atoms with Crippen LogP contribution in [-0.4, -0.2) is 35.8 Å². The molecule has 0 bridgehead atoms. The number of carbonyl (C=O) groups excluding carboxylic acids is 2. The third-order valence-electron chi connectivity index (χ3n) is 4.86. The van der Waals surface area contributed by atoms with E-state index in [-0.39, 0.29) is 6.54 Å². The van der Waals surface area contributed by atoms with Crippen LogP contribution in [0.4, 0.5) is 4.79 Å². The zero-order chi connectivity index (χ0) is 20.4. The molecule has 29 heavy (non-hydrogen) atoms. The summed E-state index contributed by atoms with van der Waals surface area (Å²) in [6, 6.07) is 13.8. The van der Waals surface area contributed by atoms with Crippen molar-refractivity contribution in [1.82, 2.24) is 20.2 Å². The third kappa shape index (κ3) is 3.52. The zero-order valence-corrected chi connectivity index (χ0v) is 16.0. The number of imidazole rings is 1. The fourth-order valence-electron chi connectivity index (χ4n) is 3.45. The number of nitrogens with one attached hydrogen (secondary N) is 2. The predicted octanol–water partition coefficient (Wildman–Crippen LogP) is 2.53. The van der Waals surface area contributed by atoms with Gasteiger partial charge in [-0.3, -0.25) is 0 Å². The van der Waals surface area contributed by atoms with Crippen molar-refractivity contribution >= 4 is 23.0 Å². The number of hydrogen-bond donors (Lipinski definition) is 2. The van der Waals surface area contributed by atoms with Crippen molar-refractivity contribution in [2.45, 2.75) is 12.6 Å². The van der Waals surface area contributed by atoms with Crippen LogP contribution in [0.15, 0.2) is 66.1 Å². The Balaban J connectivity index is 1.79. The standard InChI is InChI=1S/C21H20N4O4/c1-28-14-9-7-13(8-10-14)19-18(20(26)29-2)16(23-21(27)24-19)11-25-12-22-15-5-3-4-6-17(15)25/h3-10,12,19H,11H2,1-2H3,(H2,23,24,27). The summed E-state index contributed by atoms with van der Waals surface area (Å²) in [5.74, 6) is 0.167. The summed E-state index contributed by atoms with van der Waals surface area (Å²) in [4.78, 5) is 29.4. The Morgan fingerprint density at radius 2 is 1.90 bits per heavy atom. The topological polar surface area (TPSA) is 94.5 Å². The molecule has 148 valence electrons. The number of nitrogens with zero attached hydrogens (tertiary/aromatic N) is 2. The highest BCUT2D eigenvalue weighted by molar-refractivity contribution is 5.95. The summed E-state index contributed by atoms with van der Waals surface area (Å²) < 4.78 is 12.1. The van der Waals surface area contributed by atoms with E-state index in [1.807, 2.05) is 41.0 Å². The Morgan fingerprint density at radius 1 is 1.14 bits per heavy atom. The molecule has 0 radical (unpaired) electrons. The second kappa shape index (κ2) is 7.67. The first kappa shape index (κ1) is 18.5. The smallest absolute Gasteiger partial charge is 0.338 e. The van der Waals surface area contributed by atoms with Crippen molar-refractivity contribution in [3.05, 3.63) is 71.7 Å². The average molecular weight is 392 g/mol. The number of para-hydroxylation sites is 2. The lowest BCUT2D eigenvalue weighted by Gasteiger charge is -2.29. The zero-order valence-electron chi connectivity index (χ0n) is 16.0.